The van der Waals surface area contributed by atoms with E-state index in [2.05, 4.69) is 4.98 Å². The average Bonchev–Trinajstić information content (AvgIpc) is 2.70. The summed E-state index contributed by atoms with van der Waals surface area (Å²) < 4.78 is 5.44. The lowest BCUT2D eigenvalue weighted by Crippen LogP contribution is -2.51. The number of nitrogens with zero attached hydrogens (tertiary/aromatic N) is 3. The topological polar surface area (TPSA) is 62.7 Å². The first-order valence-electron chi connectivity index (χ1n) is 9.10. The highest BCUT2D eigenvalue weighted by molar-refractivity contribution is 5.94. The molecular weight excluding hydrogens is 342 g/mol. The molecule has 6 heteroatoms. The Kier molecular flexibility index (Phi) is 5.74. The van der Waals surface area contributed by atoms with Gasteiger partial charge in [0, 0.05) is 49.7 Å². The summed E-state index contributed by atoms with van der Waals surface area (Å²) in [6.45, 7) is 6.23. The second-order valence-corrected chi connectivity index (χ2v) is 6.83. The van der Waals surface area contributed by atoms with Crippen LogP contribution in [0.5, 0.6) is 5.75 Å². The van der Waals surface area contributed by atoms with Gasteiger partial charge in [0.15, 0.2) is 0 Å². The van der Waals surface area contributed by atoms with Crippen molar-refractivity contribution in [2.75, 3.05) is 33.3 Å². The molecule has 1 saturated heterocycles. The number of hydrogen-bond acceptors (Lipinski definition) is 4. The highest BCUT2D eigenvalue weighted by atomic mass is 16.5. The fourth-order valence-electron chi connectivity index (χ4n) is 3.29. The van der Waals surface area contributed by atoms with Gasteiger partial charge in [0.05, 0.1) is 13.5 Å². The second kappa shape index (κ2) is 8.20. The number of aryl methyl sites for hydroxylation is 2. The van der Waals surface area contributed by atoms with Gasteiger partial charge in [-0.2, -0.15) is 0 Å². The molecule has 2 aromatic rings. The first-order chi connectivity index (χ1) is 13.0. The van der Waals surface area contributed by atoms with E-state index in [0.717, 1.165) is 22.4 Å². The Labute approximate surface area is 159 Å². The largest absolute Gasteiger partial charge is 0.496 e. The number of aromatic nitrogens is 1. The van der Waals surface area contributed by atoms with E-state index in [1.165, 1.54) is 0 Å². The van der Waals surface area contributed by atoms with Crippen molar-refractivity contribution in [1.82, 2.24) is 14.8 Å². The van der Waals surface area contributed by atoms with Crippen molar-refractivity contribution in [3.8, 4) is 5.75 Å². The van der Waals surface area contributed by atoms with Crippen LogP contribution in [0.15, 0.2) is 36.7 Å². The standard InChI is InChI=1S/C21H25N3O3/c1-15-12-18(19(27-3)13-16(15)2)14-20(25)23-8-10-24(11-9-23)21(26)17-4-6-22-7-5-17/h4-7,12-13H,8-11,14H2,1-3H3. The summed E-state index contributed by atoms with van der Waals surface area (Å²) in [6, 6.07) is 7.43. The maximum atomic E-state index is 12.7. The van der Waals surface area contributed by atoms with Crippen molar-refractivity contribution in [2.24, 2.45) is 0 Å². The first kappa shape index (κ1) is 18.9. The van der Waals surface area contributed by atoms with Gasteiger partial charge in [-0.15, -0.1) is 0 Å². The molecule has 27 heavy (non-hydrogen) atoms. The van der Waals surface area contributed by atoms with Gasteiger partial charge in [-0.1, -0.05) is 6.07 Å². The van der Waals surface area contributed by atoms with Crippen LogP contribution in [0.4, 0.5) is 0 Å². The molecule has 0 atom stereocenters. The minimum Gasteiger partial charge on any atom is -0.496 e. The van der Waals surface area contributed by atoms with Crippen molar-refractivity contribution >= 4 is 11.8 Å². The molecule has 0 aliphatic carbocycles. The fraction of sp³-hybridized carbons (Fsp3) is 0.381. The van der Waals surface area contributed by atoms with Gasteiger partial charge in [0.1, 0.15) is 5.75 Å². The van der Waals surface area contributed by atoms with Crippen LogP contribution in [-0.2, 0) is 11.2 Å². The van der Waals surface area contributed by atoms with E-state index in [9.17, 15) is 9.59 Å². The van der Waals surface area contributed by atoms with Crippen LogP contribution in [0.2, 0.25) is 0 Å². The Morgan fingerprint density at radius 2 is 1.59 bits per heavy atom. The third-order valence-electron chi connectivity index (χ3n) is 5.09. The molecule has 142 valence electrons. The van der Waals surface area contributed by atoms with Crippen molar-refractivity contribution in [3.63, 3.8) is 0 Å². The molecular formula is C21H25N3O3. The van der Waals surface area contributed by atoms with Crippen LogP contribution in [-0.4, -0.2) is 59.9 Å². The van der Waals surface area contributed by atoms with Gasteiger partial charge in [-0.25, -0.2) is 0 Å². The van der Waals surface area contributed by atoms with Gasteiger partial charge in [-0.05, 0) is 43.2 Å². The van der Waals surface area contributed by atoms with Crippen LogP contribution in [0, 0.1) is 13.8 Å². The van der Waals surface area contributed by atoms with E-state index in [1.54, 1.807) is 36.5 Å². The van der Waals surface area contributed by atoms with Crippen LogP contribution in [0.3, 0.4) is 0 Å². The number of ether oxygens (including phenoxy) is 1. The number of benzene rings is 1. The minimum absolute atomic E-state index is 0.0136. The van der Waals surface area contributed by atoms with Gasteiger partial charge in [-0.3, -0.25) is 14.6 Å². The van der Waals surface area contributed by atoms with Crippen LogP contribution in [0.1, 0.15) is 27.0 Å². The highest BCUT2D eigenvalue weighted by Gasteiger charge is 2.25. The molecule has 6 nitrogen and oxygen atoms in total. The molecule has 0 radical (unpaired) electrons. The van der Waals surface area contributed by atoms with E-state index < -0.39 is 0 Å². The predicted molar refractivity (Wildman–Crippen MR) is 103 cm³/mol. The van der Waals surface area contributed by atoms with E-state index in [1.807, 2.05) is 30.9 Å². The maximum absolute atomic E-state index is 12.7. The zero-order valence-corrected chi connectivity index (χ0v) is 16.1. The van der Waals surface area contributed by atoms with E-state index in [4.69, 9.17) is 4.74 Å². The Morgan fingerprint density at radius 1 is 1.00 bits per heavy atom. The average molecular weight is 367 g/mol. The molecule has 0 bridgehead atoms. The Bertz CT molecular complexity index is 828. The summed E-state index contributed by atoms with van der Waals surface area (Å²) in [7, 11) is 1.63. The van der Waals surface area contributed by atoms with Crippen molar-refractivity contribution in [3.05, 3.63) is 58.9 Å². The van der Waals surface area contributed by atoms with E-state index in [-0.39, 0.29) is 11.8 Å². The molecule has 0 unspecified atom stereocenters. The molecule has 1 aliphatic heterocycles. The molecule has 1 aliphatic rings. The normalized spacial score (nSPS) is 14.2. The third-order valence-corrected chi connectivity index (χ3v) is 5.09. The minimum atomic E-state index is -0.0136. The SMILES string of the molecule is COc1cc(C)c(C)cc1CC(=O)N1CCN(C(=O)c2ccncc2)CC1. The van der Waals surface area contributed by atoms with Crippen molar-refractivity contribution < 1.29 is 14.3 Å². The monoisotopic (exact) mass is 367 g/mol. The summed E-state index contributed by atoms with van der Waals surface area (Å²) >= 11 is 0. The Hall–Kier alpha value is -2.89. The number of methoxy groups -OCH3 is 1. The number of piperazine rings is 1. The van der Waals surface area contributed by atoms with Crippen LogP contribution < -0.4 is 4.74 Å². The quantitative estimate of drug-likeness (QED) is 0.831. The van der Waals surface area contributed by atoms with Crippen LogP contribution in [0.25, 0.3) is 0 Å². The van der Waals surface area contributed by atoms with E-state index in [0.29, 0.717) is 38.2 Å². The number of rotatable bonds is 4. The molecule has 1 aromatic heterocycles. The Balaban J connectivity index is 1.61. The number of carbonyl (C=O) groups is 2. The Morgan fingerprint density at radius 3 is 2.22 bits per heavy atom. The van der Waals surface area contributed by atoms with Gasteiger partial charge in [0.25, 0.3) is 5.91 Å². The zero-order chi connectivity index (χ0) is 19.4. The molecule has 1 fully saturated rings. The van der Waals surface area contributed by atoms with Crippen molar-refractivity contribution in [1.29, 1.82) is 0 Å². The van der Waals surface area contributed by atoms with Gasteiger partial charge in [0.2, 0.25) is 5.91 Å². The molecule has 1 aromatic carbocycles. The summed E-state index contributed by atoms with van der Waals surface area (Å²) in [6.07, 6.45) is 3.54. The maximum Gasteiger partial charge on any atom is 0.254 e. The molecule has 0 saturated carbocycles. The summed E-state index contributed by atoms with van der Waals surface area (Å²) in [4.78, 5) is 32.8. The van der Waals surface area contributed by atoms with E-state index >= 15 is 0 Å². The molecule has 0 N–H and O–H groups in total. The number of hydrogen-bond donors (Lipinski definition) is 0. The lowest BCUT2D eigenvalue weighted by molar-refractivity contribution is -0.131. The predicted octanol–water partition coefficient (Wildman–Crippen LogP) is 2.23. The molecule has 3 rings (SSSR count). The zero-order valence-electron chi connectivity index (χ0n) is 16.1. The fourth-order valence-corrected chi connectivity index (χ4v) is 3.29. The number of carbonyl (C=O) groups excluding carboxylic acids is 2. The second-order valence-electron chi connectivity index (χ2n) is 6.83. The van der Waals surface area contributed by atoms with Gasteiger partial charge < -0.3 is 14.5 Å². The van der Waals surface area contributed by atoms with Gasteiger partial charge >= 0.3 is 0 Å². The third kappa shape index (κ3) is 4.27. The number of amides is 2. The summed E-state index contributed by atoms with van der Waals surface area (Å²) in [5.74, 6) is 0.797. The molecule has 0 spiro atoms. The summed E-state index contributed by atoms with van der Waals surface area (Å²) in [5.41, 5.74) is 3.82. The molecule has 2 heterocycles. The number of pyridine rings is 1. The first-order valence-corrected chi connectivity index (χ1v) is 9.10. The lowest BCUT2D eigenvalue weighted by Gasteiger charge is -2.35. The highest BCUT2D eigenvalue weighted by Crippen LogP contribution is 2.24. The summed E-state index contributed by atoms with van der Waals surface area (Å²) in [5, 5.41) is 0. The van der Waals surface area contributed by atoms with Crippen LogP contribution >= 0.6 is 0 Å². The smallest absolute Gasteiger partial charge is 0.254 e. The van der Waals surface area contributed by atoms with Crippen molar-refractivity contribution in [2.45, 2.75) is 20.3 Å². The lowest BCUT2D eigenvalue weighted by atomic mass is 10.0. The molecule has 2 amide bonds.